The highest BCUT2D eigenvalue weighted by Crippen LogP contribution is 2.26. The molecular formula is C17H14FN5O2. The molecular weight excluding hydrogens is 325 g/mol. The third kappa shape index (κ3) is 3.69. The van der Waals surface area contributed by atoms with Gasteiger partial charge in [0, 0.05) is 30.4 Å². The molecule has 3 rings (SSSR count). The van der Waals surface area contributed by atoms with Gasteiger partial charge in [0.1, 0.15) is 5.82 Å². The minimum atomic E-state index is -0.890. The van der Waals surface area contributed by atoms with Crippen LogP contribution in [0.4, 0.5) is 27.5 Å². The number of anilines is 3. The van der Waals surface area contributed by atoms with Gasteiger partial charge in [0.05, 0.1) is 10.6 Å². The lowest BCUT2D eigenvalue weighted by Gasteiger charge is -2.10. The summed E-state index contributed by atoms with van der Waals surface area (Å²) in [6.07, 6.45) is 0. The monoisotopic (exact) mass is 339 g/mol. The first kappa shape index (κ1) is 16.3. The van der Waals surface area contributed by atoms with E-state index in [1.54, 1.807) is 13.1 Å². The van der Waals surface area contributed by atoms with Crippen LogP contribution in [-0.2, 0) is 0 Å². The Kier molecular flexibility index (Phi) is 4.51. The maximum absolute atomic E-state index is 13.5. The smallest absolute Gasteiger partial charge is 0.306 e. The van der Waals surface area contributed by atoms with E-state index in [0.717, 1.165) is 17.7 Å². The first-order valence-corrected chi connectivity index (χ1v) is 7.40. The predicted octanol–water partition coefficient (Wildman–Crippen LogP) is 3.98. The highest BCUT2D eigenvalue weighted by molar-refractivity contribution is 5.68. The maximum Gasteiger partial charge on any atom is 0.306 e. The third-order valence-electron chi connectivity index (χ3n) is 3.43. The topological polar surface area (TPSA) is 93.0 Å². The Morgan fingerprint density at radius 3 is 2.52 bits per heavy atom. The highest BCUT2D eigenvalue weighted by Gasteiger charge is 2.15. The largest absolute Gasteiger partial charge is 0.357 e. The molecule has 0 spiro atoms. The second-order valence-electron chi connectivity index (χ2n) is 5.13. The summed E-state index contributed by atoms with van der Waals surface area (Å²) in [4.78, 5) is 18.8. The molecule has 1 heterocycles. The molecule has 126 valence electrons. The van der Waals surface area contributed by atoms with Gasteiger partial charge in [-0.1, -0.05) is 30.3 Å². The number of aromatic nitrogens is 2. The van der Waals surface area contributed by atoms with E-state index in [4.69, 9.17) is 0 Å². The van der Waals surface area contributed by atoms with Gasteiger partial charge in [0.15, 0.2) is 0 Å². The van der Waals surface area contributed by atoms with Gasteiger partial charge >= 0.3 is 5.69 Å². The Hall–Kier alpha value is -3.55. The van der Waals surface area contributed by atoms with E-state index >= 15 is 0 Å². The van der Waals surface area contributed by atoms with E-state index in [1.165, 1.54) is 6.07 Å². The normalized spacial score (nSPS) is 10.3. The van der Waals surface area contributed by atoms with Gasteiger partial charge in [-0.3, -0.25) is 10.1 Å². The van der Waals surface area contributed by atoms with Crippen LogP contribution in [0.15, 0.2) is 54.6 Å². The Balaban J connectivity index is 1.98. The molecule has 8 heteroatoms. The Bertz CT molecular complexity index is 918. The van der Waals surface area contributed by atoms with Gasteiger partial charge in [0.2, 0.25) is 11.8 Å². The fourth-order valence-corrected chi connectivity index (χ4v) is 2.26. The van der Waals surface area contributed by atoms with Crippen molar-refractivity contribution in [3.63, 3.8) is 0 Å². The fourth-order valence-electron chi connectivity index (χ4n) is 2.26. The average Bonchev–Trinajstić information content (AvgIpc) is 2.63. The van der Waals surface area contributed by atoms with E-state index in [1.807, 2.05) is 30.3 Å². The maximum atomic E-state index is 13.5. The zero-order valence-electron chi connectivity index (χ0n) is 13.2. The predicted molar refractivity (Wildman–Crippen MR) is 93.4 cm³/mol. The van der Waals surface area contributed by atoms with E-state index in [9.17, 15) is 14.5 Å². The van der Waals surface area contributed by atoms with Gasteiger partial charge in [-0.2, -0.15) is 9.37 Å². The van der Waals surface area contributed by atoms with Gasteiger partial charge in [-0.05, 0) is 12.1 Å². The minimum Gasteiger partial charge on any atom is -0.357 e. The Morgan fingerprint density at radius 2 is 1.84 bits per heavy atom. The first-order valence-electron chi connectivity index (χ1n) is 7.40. The number of halogens is 1. The molecule has 2 N–H and O–H groups in total. The molecule has 0 aliphatic rings. The van der Waals surface area contributed by atoms with Crippen molar-refractivity contribution >= 4 is 23.1 Å². The zero-order valence-corrected chi connectivity index (χ0v) is 13.2. The summed E-state index contributed by atoms with van der Waals surface area (Å²) in [6, 6.07) is 14.8. The number of hydrogen-bond donors (Lipinski definition) is 2. The number of nitro benzene ring substituents is 1. The first-order chi connectivity index (χ1) is 12.1. The van der Waals surface area contributed by atoms with Gasteiger partial charge in [-0.15, -0.1) is 0 Å². The second-order valence-corrected chi connectivity index (χ2v) is 5.13. The molecule has 2 aromatic carbocycles. The number of benzene rings is 2. The summed E-state index contributed by atoms with van der Waals surface area (Å²) in [5.41, 5.74) is 1.33. The van der Waals surface area contributed by atoms with Crippen molar-refractivity contribution in [1.82, 2.24) is 9.97 Å². The van der Waals surface area contributed by atoms with Crippen molar-refractivity contribution in [2.24, 2.45) is 0 Å². The van der Waals surface area contributed by atoms with Crippen molar-refractivity contribution in [1.29, 1.82) is 0 Å². The summed E-state index contributed by atoms with van der Waals surface area (Å²) >= 11 is 0. The van der Waals surface area contributed by atoms with Crippen molar-refractivity contribution in [3.8, 4) is 11.3 Å². The molecule has 0 unspecified atom stereocenters. The van der Waals surface area contributed by atoms with Gasteiger partial charge in [-0.25, -0.2) is 4.98 Å². The molecule has 25 heavy (non-hydrogen) atoms. The highest BCUT2D eigenvalue weighted by atomic mass is 19.1. The minimum absolute atomic E-state index is 0.355. The van der Waals surface area contributed by atoms with E-state index in [2.05, 4.69) is 20.6 Å². The summed E-state index contributed by atoms with van der Waals surface area (Å²) in [5.74, 6) is -0.0706. The summed E-state index contributed by atoms with van der Waals surface area (Å²) < 4.78 is 13.5. The van der Waals surface area contributed by atoms with Crippen LogP contribution in [0.5, 0.6) is 0 Å². The molecule has 0 amide bonds. The molecule has 0 fully saturated rings. The average molecular weight is 339 g/mol. The van der Waals surface area contributed by atoms with Crippen molar-refractivity contribution < 1.29 is 9.31 Å². The number of nitrogens with zero attached hydrogens (tertiary/aromatic N) is 3. The lowest BCUT2D eigenvalue weighted by molar-refractivity contribution is -0.387. The molecule has 0 atom stereocenters. The number of rotatable bonds is 5. The summed E-state index contributed by atoms with van der Waals surface area (Å²) in [5, 5.41) is 16.7. The number of nitrogens with one attached hydrogen (secondary N) is 2. The molecule has 0 aliphatic carbocycles. The van der Waals surface area contributed by atoms with Crippen LogP contribution in [0.25, 0.3) is 11.3 Å². The van der Waals surface area contributed by atoms with Crippen molar-refractivity contribution in [2.45, 2.75) is 0 Å². The molecule has 0 saturated heterocycles. The lowest BCUT2D eigenvalue weighted by Crippen LogP contribution is -2.02. The van der Waals surface area contributed by atoms with Gasteiger partial charge in [0.25, 0.3) is 0 Å². The van der Waals surface area contributed by atoms with Crippen LogP contribution in [0.3, 0.4) is 0 Å². The van der Waals surface area contributed by atoms with Crippen molar-refractivity contribution in [3.05, 3.63) is 70.5 Å². The van der Waals surface area contributed by atoms with E-state index in [0.29, 0.717) is 23.1 Å². The Labute approximate surface area is 142 Å². The summed E-state index contributed by atoms with van der Waals surface area (Å²) in [7, 11) is 1.69. The number of nitro groups is 1. The fraction of sp³-hybridized carbons (Fsp3) is 0.0588. The third-order valence-corrected chi connectivity index (χ3v) is 3.43. The van der Waals surface area contributed by atoms with Crippen LogP contribution in [-0.4, -0.2) is 21.9 Å². The molecule has 0 bridgehead atoms. The van der Waals surface area contributed by atoms with E-state index < -0.39 is 16.4 Å². The SMILES string of the molecule is CNc1nc(Nc2ccc(F)c([N+](=O)[O-])c2)cc(-c2ccccc2)n1. The van der Waals surface area contributed by atoms with Crippen LogP contribution >= 0.6 is 0 Å². The van der Waals surface area contributed by atoms with Crippen molar-refractivity contribution in [2.75, 3.05) is 17.7 Å². The second kappa shape index (κ2) is 6.91. The molecule has 7 nitrogen and oxygen atoms in total. The van der Waals surface area contributed by atoms with Crippen LogP contribution < -0.4 is 10.6 Å². The Morgan fingerprint density at radius 1 is 1.08 bits per heavy atom. The van der Waals surface area contributed by atoms with Crippen LogP contribution in [0, 0.1) is 15.9 Å². The van der Waals surface area contributed by atoms with E-state index in [-0.39, 0.29) is 0 Å². The van der Waals surface area contributed by atoms with Gasteiger partial charge < -0.3 is 10.6 Å². The molecule has 0 aliphatic heterocycles. The molecule has 1 aromatic heterocycles. The lowest BCUT2D eigenvalue weighted by atomic mass is 10.1. The summed E-state index contributed by atoms with van der Waals surface area (Å²) in [6.45, 7) is 0. The van der Waals surface area contributed by atoms with Crippen LogP contribution in [0.1, 0.15) is 0 Å². The molecule has 0 radical (unpaired) electrons. The number of hydrogen-bond acceptors (Lipinski definition) is 6. The van der Waals surface area contributed by atoms with Crippen LogP contribution in [0.2, 0.25) is 0 Å². The molecule has 3 aromatic rings. The molecule has 0 saturated carbocycles. The quantitative estimate of drug-likeness (QED) is 0.539. The zero-order chi connectivity index (χ0) is 17.8. The standard InChI is InChI=1S/C17H14FN5O2/c1-19-17-21-14(11-5-3-2-4-6-11)10-16(22-17)20-12-7-8-13(18)15(9-12)23(24)25/h2-10H,1H3,(H2,19,20,21,22).